The minimum atomic E-state index is -0.480. The van der Waals surface area contributed by atoms with E-state index in [-0.39, 0.29) is 11.5 Å². The van der Waals surface area contributed by atoms with Crippen molar-refractivity contribution in [3.63, 3.8) is 0 Å². The Morgan fingerprint density at radius 3 is 2.67 bits per heavy atom. The number of rotatable bonds is 0. The van der Waals surface area contributed by atoms with Gasteiger partial charge in [-0.2, -0.15) is 0 Å². The summed E-state index contributed by atoms with van der Waals surface area (Å²) in [6.45, 7) is 0. The second-order valence-corrected chi connectivity index (χ2v) is 5.25. The van der Waals surface area contributed by atoms with Crippen LogP contribution in [0.4, 0.5) is 0 Å². The Kier molecular flexibility index (Phi) is 1.91. The average Bonchev–Trinajstić information content (AvgIpc) is 3.03. The summed E-state index contributed by atoms with van der Waals surface area (Å²) in [5.74, 6) is 1.15. The first kappa shape index (κ1) is 11.0. The van der Waals surface area contributed by atoms with E-state index in [1.165, 1.54) is 0 Å². The van der Waals surface area contributed by atoms with Crippen LogP contribution >= 0.6 is 0 Å². The molecule has 4 heteroatoms. The van der Waals surface area contributed by atoms with Crippen molar-refractivity contribution in [2.75, 3.05) is 0 Å². The molecule has 0 amide bonds. The molecule has 0 spiro atoms. The van der Waals surface area contributed by atoms with Gasteiger partial charge in [0.1, 0.15) is 17.1 Å². The fraction of sp³-hybridized carbons (Fsp3) is 0.118. The van der Waals surface area contributed by atoms with Crippen LogP contribution in [0.3, 0.4) is 0 Å². The predicted octanol–water partition coefficient (Wildman–Crippen LogP) is 3.04. The first-order chi connectivity index (χ1) is 10.3. The van der Waals surface area contributed by atoms with Gasteiger partial charge in [0.25, 0.3) is 6.29 Å². The molecule has 5 rings (SSSR count). The quantitative estimate of drug-likeness (QED) is 0.593. The van der Waals surface area contributed by atoms with Crippen LogP contribution in [-0.2, 0) is 0 Å². The molecule has 0 radical (unpaired) electrons. The van der Waals surface area contributed by atoms with Gasteiger partial charge in [0, 0.05) is 5.56 Å². The van der Waals surface area contributed by atoms with Crippen LogP contribution in [0.2, 0.25) is 0 Å². The van der Waals surface area contributed by atoms with Crippen LogP contribution in [-0.4, -0.2) is 6.29 Å². The number of para-hydroxylation sites is 2. The van der Waals surface area contributed by atoms with Gasteiger partial charge in [-0.25, -0.2) is 4.79 Å². The third-order valence-corrected chi connectivity index (χ3v) is 4.11. The third-order valence-electron chi connectivity index (χ3n) is 4.11. The van der Waals surface area contributed by atoms with E-state index in [9.17, 15) is 4.79 Å². The second-order valence-electron chi connectivity index (χ2n) is 5.25. The highest BCUT2D eigenvalue weighted by atomic mass is 16.7. The molecule has 2 aromatic carbocycles. The van der Waals surface area contributed by atoms with E-state index >= 15 is 0 Å². The van der Waals surface area contributed by atoms with Gasteiger partial charge >= 0.3 is 5.63 Å². The van der Waals surface area contributed by atoms with Crippen molar-refractivity contribution in [2.45, 2.75) is 12.2 Å². The Morgan fingerprint density at radius 2 is 1.71 bits per heavy atom. The lowest BCUT2D eigenvalue weighted by Crippen LogP contribution is -2.21. The van der Waals surface area contributed by atoms with E-state index in [1.54, 1.807) is 6.07 Å². The molecule has 2 aliphatic rings. The third kappa shape index (κ3) is 1.31. The Hall–Kier alpha value is -2.75. The molecule has 0 bridgehead atoms. The monoisotopic (exact) mass is 278 g/mol. The molecule has 21 heavy (non-hydrogen) atoms. The molecule has 0 saturated carbocycles. The van der Waals surface area contributed by atoms with E-state index in [0.29, 0.717) is 16.9 Å². The van der Waals surface area contributed by atoms with Crippen molar-refractivity contribution in [1.82, 2.24) is 0 Å². The maximum absolute atomic E-state index is 12.4. The standard InChI is InChI=1S/C17H10O4/c18-16-14-13-9-5-1-3-7-11(9)20-17(13)21-15(14)10-6-2-4-8-12(10)19-16/h1-8,13,17H/t13-,17+/m0/s1. The van der Waals surface area contributed by atoms with Crippen LogP contribution in [0.1, 0.15) is 17.0 Å². The molecule has 3 heterocycles. The Balaban J connectivity index is 1.85. The minimum absolute atomic E-state index is 0.211. The average molecular weight is 278 g/mol. The van der Waals surface area contributed by atoms with Crippen molar-refractivity contribution in [2.24, 2.45) is 0 Å². The summed E-state index contributed by atoms with van der Waals surface area (Å²) in [6, 6.07) is 15.1. The van der Waals surface area contributed by atoms with Gasteiger partial charge in [-0.05, 0) is 18.2 Å². The van der Waals surface area contributed by atoms with Crippen molar-refractivity contribution >= 4 is 11.0 Å². The minimum Gasteiger partial charge on any atom is -0.454 e. The zero-order valence-corrected chi connectivity index (χ0v) is 10.9. The topological polar surface area (TPSA) is 48.7 Å². The SMILES string of the molecule is O=c1oc2ccccc2c2c1[C@@H]1c3ccccc3O[C@@H]1O2. The maximum Gasteiger partial charge on any atom is 0.344 e. The van der Waals surface area contributed by atoms with Crippen molar-refractivity contribution in [3.8, 4) is 11.5 Å². The Bertz CT molecular complexity index is 941. The van der Waals surface area contributed by atoms with Crippen molar-refractivity contribution < 1.29 is 13.9 Å². The van der Waals surface area contributed by atoms with Crippen LogP contribution in [0, 0.1) is 0 Å². The van der Waals surface area contributed by atoms with Gasteiger partial charge < -0.3 is 13.9 Å². The summed E-state index contributed by atoms with van der Waals surface area (Å²) in [4.78, 5) is 12.4. The van der Waals surface area contributed by atoms with Gasteiger partial charge in [0.15, 0.2) is 0 Å². The van der Waals surface area contributed by atoms with E-state index in [2.05, 4.69) is 0 Å². The zero-order valence-electron chi connectivity index (χ0n) is 10.9. The molecular formula is C17H10O4. The van der Waals surface area contributed by atoms with Gasteiger partial charge in [-0.3, -0.25) is 0 Å². The van der Waals surface area contributed by atoms with E-state index in [0.717, 1.165) is 16.7 Å². The number of hydrogen-bond acceptors (Lipinski definition) is 4. The number of hydrogen-bond donors (Lipinski definition) is 0. The first-order valence-electron chi connectivity index (χ1n) is 6.81. The normalized spacial score (nSPS) is 21.3. The predicted molar refractivity (Wildman–Crippen MR) is 75.8 cm³/mol. The molecule has 0 aliphatic carbocycles. The lowest BCUT2D eigenvalue weighted by Gasteiger charge is -2.09. The van der Waals surface area contributed by atoms with Gasteiger partial charge in [0.05, 0.1) is 16.9 Å². The molecule has 102 valence electrons. The van der Waals surface area contributed by atoms with Crippen LogP contribution < -0.4 is 15.1 Å². The van der Waals surface area contributed by atoms with Gasteiger partial charge in [0.2, 0.25) is 0 Å². The van der Waals surface area contributed by atoms with Gasteiger partial charge in [-0.1, -0.05) is 30.3 Å². The number of fused-ring (bicyclic) bond motifs is 7. The summed E-state index contributed by atoms with van der Waals surface area (Å²) in [6.07, 6.45) is -0.480. The fourth-order valence-corrected chi connectivity index (χ4v) is 3.22. The van der Waals surface area contributed by atoms with Crippen molar-refractivity contribution in [1.29, 1.82) is 0 Å². The van der Waals surface area contributed by atoms with Crippen molar-refractivity contribution in [3.05, 3.63) is 70.1 Å². The fourth-order valence-electron chi connectivity index (χ4n) is 3.22. The highest BCUT2D eigenvalue weighted by Crippen LogP contribution is 2.50. The largest absolute Gasteiger partial charge is 0.454 e. The van der Waals surface area contributed by atoms with Crippen LogP contribution in [0.5, 0.6) is 11.5 Å². The summed E-state index contributed by atoms with van der Waals surface area (Å²) in [5, 5.41) is 0.808. The van der Waals surface area contributed by atoms with E-state index in [1.807, 2.05) is 42.5 Å². The van der Waals surface area contributed by atoms with E-state index < -0.39 is 6.29 Å². The Labute approximate surface area is 119 Å². The van der Waals surface area contributed by atoms with Gasteiger partial charge in [-0.15, -0.1) is 0 Å². The Morgan fingerprint density at radius 1 is 0.905 bits per heavy atom. The highest BCUT2D eigenvalue weighted by Gasteiger charge is 2.47. The van der Waals surface area contributed by atoms with E-state index in [4.69, 9.17) is 13.9 Å². The highest BCUT2D eigenvalue weighted by molar-refractivity contribution is 5.85. The first-order valence-corrected chi connectivity index (χ1v) is 6.81. The molecule has 2 atom stereocenters. The number of benzene rings is 2. The number of ether oxygens (including phenoxy) is 2. The second kappa shape index (κ2) is 3.67. The summed E-state index contributed by atoms with van der Waals surface area (Å²) in [5.41, 5.74) is 1.72. The zero-order chi connectivity index (χ0) is 14.0. The summed E-state index contributed by atoms with van der Waals surface area (Å²) in [7, 11) is 0. The summed E-state index contributed by atoms with van der Waals surface area (Å²) >= 11 is 0. The molecule has 0 fully saturated rings. The molecule has 0 N–H and O–H groups in total. The molecule has 3 aromatic rings. The van der Waals surface area contributed by atoms with Crippen LogP contribution in [0.15, 0.2) is 57.7 Å². The maximum atomic E-state index is 12.4. The smallest absolute Gasteiger partial charge is 0.344 e. The lowest BCUT2D eigenvalue weighted by molar-refractivity contribution is 0.0339. The summed E-state index contributed by atoms with van der Waals surface area (Å²) < 4.78 is 17.2. The molecule has 0 unspecified atom stereocenters. The molecule has 2 aliphatic heterocycles. The molecule has 1 aromatic heterocycles. The lowest BCUT2D eigenvalue weighted by atomic mass is 9.94. The van der Waals surface area contributed by atoms with Crippen LogP contribution in [0.25, 0.3) is 11.0 Å². The molecular weight excluding hydrogens is 268 g/mol. The molecule has 0 saturated heterocycles. The molecule has 4 nitrogen and oxygen atoms in total.